The second-order valence-corrected chi connectivity index (χ2v) is 5.60. The molecule has 110 valence electrons. The molecule has 2 atom stereocenters. The lowest BCUT2D eigenvalue weighted by Crippen LogP contribution is -2.52. The van der Waals surface area contributed by atoms with Gasteiger partial charge in [-0.15, -0.1) is 0 Å². The first-order valence-corrected chi connectivity index (χ1v) is 7.32. The molecule has 1 heterocycles. The van der Waals surface area contributed by atoms with Crippen LogP contribution in [0.1, 0.15) is 46.5 Å². The van der Waals surface area contributed by atoms with Gasteiger partial charge in [0.2, 0.25) is 11.8 Å². The number of amides is 2. The van der Waals surface area contributed by atoms with E-state index in [1.54, 1.807) is 4.90 Å². The number of nitrogens with two attached hydrogens (primary N) is 1. The normalized spacial score (nSPS) is 20.7. The first-order chi connectivity index (χ1) is 8.99. The third kappa shape index (κ3) is 4.20. The average molecular weight is 269 g/mol. The minimum Gasteiger partial charge on any atom is -0.354 e. The van der Waals surface area contributed by atoms with Crippen LogP contribution < -0.4 is 11.1 Å². The average Bonchev–Trinajstić information content (AvgIpc) is 2.86. The van der Waals surface area contributed by atoms with Crippen LogP contribution in [-0.2, 0) is 9.59 Å². The Bertz CT molecular complexity index is 318. The second kappa shape index (κ2) is 7.48. The molecule has 0 unspecified atom stereocenters. The molecule has 1 fully saturated rings. The number of hydrogen-bond acceptors (Lipinski definition) is 3. The van der Waals surface area contributed by atoms with Crippen molar-refractivity contribution in [2.45, 2.75) is 58.5 Å². The predicted octanol–water partition coefficient (Wildman–Crippen LogP) is 0.877. The van der Waals surface area contributed by atoms with Gasteiger partial charge in [0.1, 0.15) is 6.04 Å². The number of nitrogens with zero attached hydrogens (tertiary/aromatic N) is 1. The molecule has 0 bridgehead atoms. The van der Waals surface area contributed by atoms with E-state index in [0.29, 0.717) is 13.1 Å². The minimum absolute atomic E-state index is 0.0322. The van der Waals surface area contributed by atoms with Crippen molar-refractivity contribution in [1.82, 2.24) is 10.2 Å². The van der Waals surface area contributed by atoms with Crippen LogP contribution in [0, 0.1) is 5.92 Å². The maximum absolute atomic E-state index is 12.3. The number of unbranched alkanes of at least 4 members (excludes halogenated alkanes) is 1. The number of likely N-dealkylation sites (tertiary alicyclic amines) is 1. The van der Waals surface area contributed by atoms with E-state index in [1.807, 2.05) is 13.8 Å². The molecule has 0 saturated carbocycles. The molecule has 0 aromatic rings. The number of nitrogens with one attached hydrogen (secondary N) is 1. The Kier molecular flexibility index (Phi) is 6.28. The lowest BCUT2D eigenvalue weighted by molar-refractivity contribution is -0.140. The molecular weight excluding hydrogens is 242 g/mol. The summed E-state index contributed by atoms with van der Waals surface area (Å²) in [6, 6.07) is -0.835. The van der Waals surface area contributed by atoms with Crippen molar-refractivity contribution in [2.75, 3.05) is 13.1 Å². The molecule has 0 radical (unpaired) electrons. The largest absolute Gasteiger partial charge is 0.354 e. The van der Waals surface area contributed by atoms with E-state index < -0.39 is 6.04 Å². The zero-order chi connectivity index (χ0) is 14.4. The quantitative estimate of drug-likeness (QED) is 0.703. The summed E-state index contributed by atoms with van der Waals surface area (Å²) in [7, 11) is 0. The Morgan fingerprint density at radius 1 is 1.42 bits per heavy atom. The highest BCUT2D eigenvalue weighted by Crippen LogP contribution is 2.19. The highest BCUT2D eigenvalue weighted by Gasteiger charge is 2.36. The van der Waals surface area contributed by atoms with Crippen molar-refractivity contribution in [3.63, 3.8) is 0 Å². The SMILES string of the molecule is CCCCNC(=O)[C@H]1CCCN1C(=O)[C@@H](N)C(C)C. The first kappa shape index (κ1) is 16.0. The molecule has 1 aliphatic heterocycles. The number of hydrogen-bond donors (Lipinski definition) is 2. The van der Waals surface area contributed by atoms with Gasteiger partial charge in [-0.25, -0.2) is 0 Å². The van der Waals surface area contributed by atoms with E-state index in [0.717, 1.165) is 25.7 Å². The Labute approximate surface area is 115 Å². The van der Waals surface area contributed by atoms with Gasteiger partial charge >= 0.3 is 0 Å². The van der Waals surface area contributed by atoms with Crippen molar-refractivity contribution in [3.8, 4) is 0 Å². The van der Waals surface area contributed by atoms with E-state index in [2.05, 4.69) is 12.2 Å². The van der Waals surface area contributed by atoms with Crippen molar-refractivity contribution < 1.29 is 9.59 Å². The van der Waals surface area contributed by atoms with Gasteiger partial charge in [-0.1, -0.05) is 27.2 Å². The third-order valence-electron chi connectivity index (χ3n) is 3.67. The van der Waals surface area contributed by atoms with Crippen LogP contribution in [-0.4, -0.2) is 41.9 Å². The molecular formula is C14H27N3O2. The molecule has 1 aliphatic rings. The van der Waals surface area contributed by atoms with Crippen LogP contribution in [0.25, 0.3) is 0 Å². The van der Waals surface area contributed by atoms with Crippen molar-refractivity contribution in [3.05, 3.63) is 0 Å². The summed E-state index contributed by atoms with van der Waals surface area (Å²) in [4.78, 5) is 26.0. The van der Waals surface area contributed by atoms with Crippen LogP contribution in [0.4, 0.5) is 0 Å². The highest BCUT2D eigenvalue weighted by atomic mass is 16.2. The third-order valence-corrected chi connectivity index (χ3v) is 3.67. The van der Waals surface area contributed by atoms with Gasteiger partial charge in [0, 0.05) is 13.1 Å². The van der Waals surface area contributed by atoms with Crippen molar-refractivity contribution in [2.24, 2.45) is 11.7 Å². The molecule has 1 rings (SSSR count). The van der Waals surface area contributed by atoms with Crippen LogP contribution >= 0.6 is 0 Å². The lowest BCUT2D eigenvalue weighted by Gasteiger charge is -2.28. The molecule has 2 amide bonds. The number of carbonyl (C=O) groups excluding carboxylic acids is 2. The fourth-order valence-corrected chi connectivity index (χ4v) is 2.29. The van der Waals surface area contributed by atoms with E-state index >= 15 is 0 Å². The number of carbonyl (C=O) groups is 2. The van der Waals surface area contributed by atoms with Crippen LogP contribution in [0.2, 0.25) is 0 Å². The fourth-order valence-electron chi connectivity index (χ4n) is 2.29. The molecule has 0 aliphatic carbocycles. The highest BCUT2D eigenvalue weighted by molar-refractivity contribution is 5.90. The zero-order valence-electron chi connectivity index (χ0n) is 12.3. The fraction of sp³-hybridized carbons (Fsp3) is 0.857. The smallest absolute Gasteiger partial charge is 0.242 e. The Morgan fingerprint density at radius 2 is 2.11 bits per heavy atom. The first-order valence-electron chi connectivity index (χ1n) is 7.32. The monoisotopic (exact) mass is 269 g/mol. The van der Waals surface area contributed by atoms with Crippen LogP contribution in [0.5, 0.6) is 0 Å². The number of rotatable bonds is 6. The molecule has 19 heavy (non-hydrogen) atoms. The maximum Gasteiger partial charge on any atom is 0.242 e. The molecule has 5 heteroatoms. The van der Waals surface area contributed by atoms with Crippen LogP contribution in [0.3, 0.4) is 0 Å². The Hall–Kier alpha value is -1.10. The Balaban J connectivity index is 2.58. The van der Waals surface area contributed by atoms with Crippen LogP contribution in [0.15, 0.2) is 0 Å². The second-order valence-electron chi connectivity index (χ2n) is 5.60. The van der Waals surface area contributed by atoms with Gasteiger partial charge in [-0.05, 0) is 25.2 Å². The molecule has 0 aromatic carbocycles. The maximum atomic E-state index is 12.3. The molecule has 0 spiro atoms. The van der Waals surface area contributed by atoms with Gasteiger partial charge in [0.25, 0.3) is 0 Å². The van der Waals surface area contributed by atoms with E-state index in [4.69, 9.17) is 5.73 Å². The van der Waals surface area contributed by atoms with E-state index in [1.165, 1.54) is 0 Å². The lowest BCUT2D eigenvalue weighted by atomic mass is 10.0. The summed E-state index contributed by atoms with van der Waals surface area (Å²) in [5.74, 6) is -0.0321. The molecule has 1 saturated heterocycles. The Morgan fingerprint density at radius 3 is 2.68 bits per heavy atom. The van der Waals surface area contributed by atoms with Gasteiger partial charge < -0.3 is 16.0 Å². The summed E-state index contributed by atoms with van der Waals surface area (Å²) < 4.78 is 0. The van der Waals surface area contributed by atoms with E-state index in [-0.39, 0.29) is 23.8 Å². The standard InChI is InChI=1S/C14H27N3O2/c1-4-5-8-16-13(18)11-7-6-9-17(11)14(19)12(15)10(2)3/h10-12H,4-9,15H2,1-3H3,(H,16,18)/t11-,12+/m1/s1. The summed E-state index contributed by atoms with van der Waals surface area (Å²) in [5.41, 5.74) is 5.90. The summed E-state index contributed by atoms with van der Waals surface area (Å²) >= 11 is 0. The van der Waals surface area contributed by atoms with Gasteiger partial charge in [0.05, 0.1) is 6.04 Å². The zero-order valence-corrected chi connectivity index (χ0v) is 12.3. The molecule has 0 aromatic heterocycles. The van der Waals surface area contributed by atoms with Crippen molar-refractivity contribution in [1.29, 1.82) is 0 Å². The predicted molar refractivity (Wildman–Crippen MR) is 75.5 cm³/mol. The van der Waals surface area contributed by atoms with E-state index in [9.17, 15) is 9.59 Å². The van der Waals surface area contributed by atoms with Gasteiger partial charge in [0.15, 0.2) is 0 Å². The van der Waals surface area contributed by atoms with Gasteiger partial charge in [-0.3, -0.25) is 9.59 Å². The summed E-state index contributed by atoms with van der Waals surface area (Å²) in [5, 5.41) is 2.90. The van der Waals surface area contributed by atoms with Gasteiger partial charge in [-0.2, -0.15) is 0 Å². The topological polar surface area (TPSA) is 75.4 Å². The summed E-state index contributed by atoms with van der Waals surface area (Å²) in [6.45, 7) is 7.26. The summed E-state index contributed by atoms with van der Waals surface area (Å²) in [6.07, 6.45) is 3.64. The molecule has 5 nitrogen and oxygen atoms in total. The minimum atomic E-state index is -0.510. The van der Waals surface area contributed by atoms with Crippen molar-refractivity contribution >= 4 is 11.8 Å². The molecule has 3 N–H and O–H groups in total.